The van der Waals surface area contributed by atoms with Crippen LogP contribution in [0.2, 0.25) is 0 Å². The van der Waals surface area contributed by atoms with Gasteiger partial charge in [-0.3, -0.25) is 14.4 Å². The van der Waals surface area contributed by atoms with Crippen LogP contribution in [0.4, 0.5) is 0 Å². The third-order valence-corrected chi connectivity index (χ3v) is 8.26. The summed E-state index contributed by atoms with van der Waals surface area (Å²) in [5, 5.41) is 10.0. The topological polar surface area (TPSA) is 96.4 Å². The van der Waals surface area contributed by atoms with Crippen molar-refractivity contribution in [3.8, 4) is 0 Å². The molecule has 9 heteroatoms. The van der Waals surface area contributed by atoms with Crippen LogP contribution in [0.1, 0.15) is 25.3 Å². The van der Waals surface area contributed by atoms with Crippen molar-refractivity contribution in [3.63, 3.8) is 0 Å². The van der Waals surface area contributed by atoms with Crippen LogP contribution in [0.15, 0.2) is 55.6 Å². The molecule has 0 radical (unpaired) electrons. The predicted octanol–water partition coefficient (Wildman–Crippen LogP) is 2.45. The Morgan fingerprint density at radius 1 is 1.33 bits per heavy atom. The number of ether oxygens (including phenoxy) is 2. The van der Waals surface area contributed by atoms with Gasteiger partial charge in [-0.2, -0.15) is 0 Å². The fourth-order valence-corrected chi connectivity index (χ4v) is 6.83. The summed E-state index contributed by atoms with van der Waals surface area (Å²) in [5.41, 5.74) is -0.263. The van der Waals surface area contributed by atoms with E-state index in [9.17, 15) is 19.5 Å². The van der Waals surface area contributed by atoms with Crippen molar-refractivity contribution in [3.05, 3.63) is 61.2 Å². The monoisotopic (exact) mass is 560 g/mol. The lowest BCUT2D eigenvalue weighted by molar-refractivity contribution is -0.156. The second-order valence-electron chi connectivity index (χ2n) is 9.68. The average molecular weight is 561 g/mol. The van der Waals surface area contributed by atoms with E-state index in [1.807, 2.05) is 30.3 Å². The van der Waals surface area contributed by atoms with Crippen LogP contribution in [-0.2, 0) is 30.4 Å². The van der Waals surface area contributed by atoms with E-state index in [1.165, 1.54) is 4.90 Å². The summed E-state index contributed by atoms with van der Waals surface area (Å²) in [4.78, 5) is 44.1. The minimum absolute atomic E-state index is 0.162. The van der Waals surface area contributed by atoms with E-state index in [0.717, 1.165) is 5.56 Å². The van der Waals surface area contributed by atoms with Gasteiger partial charge in [-0.1, -0.05) is 58.4 Å². The molecule has 8 nitrogen and oxygen atoms in total. The van der Waals surface area contributed by atoms with Gasteiger partial charge in [-0.25, -0.2) is 0 Å². The number of aliphatic hydroxyl groups is 1. The largest absolute Gasteiger partial charge is 0.465 e. The number of carbonyl (C=O) groups is 3. The van der Waals surface area contributed by atoms with Gasteiger partial charge in [-0.15, -0.1) is 13.2 Å². The van der Waals surface area contributed by atoms with E-state index in [2.05, 4.69) is 29.1 Å². The first-order chi connectivity index (χ1) is 17.3. The van der Waals surface area contributed by atoms with Gasteiger partial charge in [-0.05, 0) is 25.3 Å². The number of likely N-dealkylation sites (tertiary alicyclic amines) is 1. The molecule has 3 unspecified atom stereocenters. The number of benzene rings is 1. The number of rotatable bonds is 11. The van der Waals surface area contributed by atoms with Crippen LogP contribution in [-0.4, -0.2) is 81.1 Å². The molecule has 2 bridgehead atoms. The Bertz CT molecular complexity index is 1020. The number of hydrogen-bond acceptors (Lipinski definition) is 6. The van der Waals surface area contributed by atoms with E-state index >= 15 is 0 Å². The summed E-state index contributed by atoms with van der Waals surface area (Å²) in [7, 11) is 0. The third kappa shape index (κ3) is 4.41. The van der Waals surface area contributed by atoms with Crippen LogP contribution in [0.5, 0.6) is 0 Å². The number of esters is 1. The molecule has 194 valence electrons. The van der Waals surface area contributed by atoms with Crippen LogP contribution in [0.25, 0.3) is 0 Å². The SMILES string of the molecule is C=CCCOC(=O)[C@H]1[C@H]2C(=O)N([C@H](C)CO)C(C(=O)N(CC=C)Cc3ccccc3)C23CC(Br)[C@@H]1O3. The maximum absolute atomic E-state index is 14.2. The van der Waals surface area contributed by atoms with Crippen molar-refractivity contribution in [1.29, 1.82) is 0 Å². The number of hydrogen-bond donors (Lipinski definition) is 1. The standard InChI is InChI=1S/C27H33BrN2O6/c1-4-6-13-35-26(34)20-21-24(32)30(17(3)16-31)23(27(21)14-19(28)22(20)36-27)25(33)29(12-5-2)15-18-10-8-7-9-11-18/h4-5,7-11,17,19-23,31H,1-2,6,12-16H2,3H3/t17-,19?,20+,21+,22+,23?,27?/m1/s1. The molecule has 1 N–H and O–H groups in total. The number of alkyl halides is 1. The van der Waals surface area contributed by atoms with Gasteiger partial charge >= 0.3 is 5.97 Å². The average Bonchev–Trinajstić information content (AvgIpc) is 3.47. The summed E-state index contributed by atoms with van der Waals surface area (Å²) >= 11 is 3.64. The maximum Gasteiger partial charge on any atom is 0.312 e. The van der Waals surface area contributed by atoms with E-state index < -0.39 is 41.6 Å². The number of aliphatic hydroxyl groups excluding tert-OH is 1. The van der Waals surface area contributed by atoms with Gasteiger partial charge < -0.3 is 24.4 Å². The number of nitrogens with zero attached hydrogens (tertiary/aromatic N) is 2. The number of halogens is 1. The second kappa shape index (κ2) is 10.9. The zero-order chi connectivity index (χ0) is 26.0. The molecule has 1 aromatic rings. The minimum Gasteiger partial charge on any atom is -0.465 e. The Kier molecular flexibility index (Phi) is 8.02. The third-order valence-electron chi connectivity index (χ3n) is 7.42. The van der Waals surface area contributed by atoms with Crippen molar-refractivity contribution < 1.29 is 29.0 Å². The molecular weight excluding hydrogens is 528 g/mol. The van der Waals surface area contributed by atoms with Crippen LogP contribution < -0.4 is 0 Å². The van der Waals surface area contributed by atoms with Gasteiger partial charge in [0.1, 0.15) is 11.6 Å². The summed E-state index contributed by atoms with van der Waals surface area (Å²) in [5.74, 6) is -2.87. The van der Waals surface area contributed by atoms with Crippen molar-refractivity contribution in [2.75, 3.05) is 19.8 Å². The molecule has 1 aromatic carbocycles. The molecule has 2 amide bonds. The molecule has 7 atom stereocenters. The Hall–Kier alpha value is -2.49. The first kappa shape index (κ1) is 26.6. The van der Waals surface area contributed by atoms with Gasteiger partial charge in [0, 0.05) is 17.9 Å². The highest BCUT2D eigenvalue weighted by Gasteiger charge is 2.77. The van der Waals surface area contributed by atoms with Crippen molar-refractivity contribution in [2.24, 2.45) is 11.8 Å². The fraction of sp³-hybridized carbons (Fsp3) is 0.519. The van der Waals surface area contributed by atoms with Crippen molar-refractivity contribution in [2.45, 2.75) is 54.9 Å². The van der Waals surface area contributed by atoms with E-state index in [4.69, 9.17) is 9.47 Å². The molecule has 0 aromatic heterocycles. The zero-order valence-corrected chi connectivity index (χ0v) is 22.0. The quantitative estimate of drug-likeness (QED) is 0.193. The van der Waals surface area contributed by atoms with E-state index in [1.54, 1.807) is 24.0 Å². The summed E-state index contributed by atoms with van der Waals surface area (Å²) in [6.07, 6.45) is 3.60. The van der Waals surface area contributed by atoms with Gasteiger partial charge in [0.15, 0.2) is 0 Å². The van der Waals surface area contributed by atoms with Crippen molar-refractivity contribution in [1.82, 2.24) is 9.80 Å². The Labute approximate surface area is 220 Å². The number of fused-ring (bicyclic) bond motifs is 1. The predicted molar refractivity (Wildman–Crippen MR) is 137 cm³/mol. The number of amides is 2. The lowest BCUT2D eigenvalue weighted by Crippen LogP contribution is -2.58. The molecular formula is C27H33BrN2O6. The number of carbonyl (C=O) groups excluding carboxylic acids is 3. The lowest BCUT2D eigenvalue weighted by atomic mass is 9.70. The summed E-state index contributed by atoms with van der Waals surface area (Å²) in [6, 6.07) is 7.95. The van der Waals surface area contributed by atoms with Gasteiger partial charge in [0.2, 0.25) is 11.8 Å². The summed E-state index contributed by atoms with van der Waals surface area (Å²) < 4.78 is 11.9. The molecule has 3 fully saturated rings. The smallest absolute Gasteiger partial charge is 0.312 e. The fourth-order valence-electron chi connectivity index (χ4n) is 5.88. The van der Waals surface area contributed by atoms with Crippen LogP contribution in [0.3, 0.4) is 0 Å². The zero-order valence-electron chi connectivity index (χ0n) is 20.4. The second-order valence-corrected chi connectivity index (χ2v) is 10.9. The molecule has 3 aliphatic heterocycles. The van der Waals surface area contributed by atoms with Gasteiger partial charge in [0.25, 0.3) is 0 Å². The van der Waals surface area contributed by atoms with Crippen molar-refractivity contribution >= 4 is 33.7 Å². The molecule has 4 rings (SSSR count). The molecule has 3 heterocycles. The van der Waals surface area contributed by atoms with Crippen LogP contribution in [0, 0.1) is 11.8 Å². The normalized spacial score (nSPS) is 31.1. The first-order valence-electron chi connectivity index (χ1n) is 12.3. The van der Waals surface area contributed by atoms with Crippen LogP contribution >= 0.6 is 15.9 Å². The van der Waals surface area contributed by atoms with Gasteiger partial charge in [0.05, 0.1) is 37.2 Å². The minimum atomic E-state index is -1.20. The molecule has 3 saturated heterocycles. The lowest BCUT2D eigenvalue weighted by Gasteiger charge is -2.38. The van der Waals surface area contributed by atoms with E-state index in [0.29, 0.717) is 19.4 Å². The molecule has 1 spiro atoms. The highest BCUT2D eigenvalue weighted by Crippen LogP contribution is 2.60. The molecule has 3 aliphatic rings. The highest BCUT2D eigenvalue weighted by molar-refractivity contribution is 9.09. The first-order valence-corrected chi connectivity index (χ1v) is 13.2. The summed E-state index contributed by atoms with van der Waals surface area (Å²) in [6.45, 7) is 9.58. The van der Waals surface area contributed by atoms with E-state index in [-0.39, 0.29) is 36.4 Å². The molecule has 0 saturated carbocycles. The highest BCUT2D eigenvalue weighted by atomic mass is 79.9. The Balaban J connectivity index is 1.72. The Morgan fingerprint density at radius 2 is 2.06 bits per heavy atom. The maximum atomic E-state index is 14.2. The Morgan fingerprint density at radius 3 is 2.69 bits per heavy atom. The molecule has 0 aliphatic carbocycles. The molecule has 36 heavy (non-hydrogen) atoms.